The number of carbonyl (C=O) groups excluding carboxylic acids is 2. The number of hydrogen-bond donors (Lipinski definition) is 1. The molecular weight excluding hydrogens is 408 g/mol. The van der Waals surface area contributed by atoms with Crippen LogP contribution in [0.3, 0.4) is 0 Å². The number of hydrazine groups is 1. The normalized spacial score (nSPS) is 12.9. The van der Waals surface area contributed by atoms with Gasteiger partial charge in [-0.15, -0.1) is 0 Å². The van der Waals surface area contributed by atoms with Gasteiger partial charge in [-0.3, -0.25) is 9.59 Å². The predicted molar refractivity (Wildman–Crippen MR) is 119 cm³/mol. The van der Waals surface area contributed by atoms with Gasteiger partial charge in [-0.05, 0) is 30.2 Å². The van der Waals surface area contributed by atoms with Gasteiger partial charge in [0.1, 0.15) is 19.3 Å². The number of nitrogens with zero attached hydrogens (tertiary/aromatic N) is 3. The van der Waals surface area contributed by atoms with Crippen LogP contribution in [0.15, 0.2) is 48.5 Å². The van der Waals surface area contributed by atoms with E-state index in [9.17, 15) is 14.9 Å². The quantitative estimate of drug-likeness (QED) is 0.369. The molecule has 0 aliphatic carbocycles. The molecule has 8 nitrogen and oxygen atoms in total. The van der Waals surface area contributed by atoms with Crippen molar-refractivity contribution in [3.8, 4) is 17.7 Å². The fourth-order valence-electron chi connectivity index (χ4n) is 3.40. The standard InChI is InChI=1S/C24H28N4O4/c1-3-4-12-28(17-25)27(2)24(30)20(15-18-8-6-5-7-9-18)26-23(29)19-10-11-21-22(16-19)32-14-13-31-21/h5-11,16,20H,3-4,12-15H2,1-2H3,(H,26,29)/t20-/m0/s1. The number of fused-ring (bicyclic) bond motifs is 1. The molecule has 1 aliphatic heterocycles. The zero-order chi connectivity index (χ0) is 22.9. The highest BCUT2D eigenvalue weighted by molar-refractivity contribution is 5.98. The molecule has 0 saturated carbocycles. The van der Waals surface area contributed by atoms with E-state index < -0.39 is 11.9 Å². The van der Waals surface area contributed by atoms with Gasteiger partial charge in [-0.1, -0.05) is 43.7 Å². The van der Waals surface area contributed by atoms with E-state index in [4.69, 9.17) is 9.47 Å². The first-order valence-corrected chi connectivity index (χ1v) is 10.7. The van der Waals surface area contributed by atoms with E-state index in [0.29, 0.717) is 43.2 Å². The molecule has 8 heteroatoms. The minimum Gasteiger partial charge on any atom is -0.486 e. The van der Waals surface area contributed by atoms with Crippen LogP contribution in [0.25, 0.3) is 0 Å². The van der Waals surface area contributed by atoms with Gasteiger partial charge in [0.2, 0.25) is 0 Å². The summed E-state index contributed by atoms with van der Waals surface area (Å²) in [7, 11) is 1.55. The molecule has 1 atom stereocenters. The molecule has 0 spiro atoms. The largest absolute Gasteiger partial charge is 0.486 e. The van der Waals surface area contributed by atoms with Crippen molar-refractivity contribution in [2.75, 3.05) is 26.8 Å². The highest BCUT2D eigenvalue weighted by Gasteiger charge is 2.28. The van der Waals surface area contributed by atoms with Crippen LogP contribution in [0.4, 0.5) is 0 Å². The summed E-state index contributed by atoms with van der Waals surface area (Å²) in [5.41, 5.74) is 1.27. The Hall–Kier alpha value is -3.73. The van der Waals surface area contributed by atoms with E-state index >= 15 is 0 Å². The fraction of sp³-hybridized carbons (Fsp3) is 0.375. The number of rotatable bonds is 9. The maximum atomic E-state index is 13.3. The van der Waals surface area contributed by atoms with E-state index in [1.54, 1.807) is 25.2 Å². The average Bonchev–Trinajstić information content (AvgIpc) is 2.83. The van der Waals surface area contributed by atoms with Crippen molar-refractivity contribution in [3.63, 3.8) is 0 Å². The monoisotopic (exact) mass is 436 g/mol. The number of benzene rings is 2. The molecule has 1 N–H and O–H groups in total. The molecule has 0 bridgehead atoms. The van der Waals surface area contributed by atoms with E-state index in [-0.39, 0.29) is 5.91 Å². The van der Waals surface area contributed by atoms with Crippen molar-refractivity contribution in [1.29, 1.82) is 5.26 Å². The average molecular weight is 437 g/mol. The van der Waals surface area contributed by atoms with Crippen LogP contribution < -0.4 is 14.8 Å². The Morgan fingerprint density at radius 2 is 1.84 bits per heavy atom. The maximum Gasteiger partial charge on any atom is 0.264 e. The summed E-state index contributed by atoms with van der Waals surface area (Å²) < 4.78 is 11.1. The van der Waals surface area contributed by atoms with E-state index in [2.05, 4.69) is 11.5 Å². The first-order chi connectivity index (χ1) is 15.5. The Morgan fingerprint density at radius 3 is 2.53 bits per heavy atom. The summed E-state index contributed by atoms with van der Waals surface area (Å²) in [6.07, 6.45) is 4.02. The Morgan fingerprint density at radius 1 is 1.12 bits per heavy atom. The summed E-state index contributed by atoms with van der Waals surface area (Å²) in [6.45, 7) is 3.33. The topological polar surface area (TPSA) is 94.9 Å². The molecule has 2 aromatic rings. The number of hydrogen-bond acceptors (Lipinski definition) is 6. The summed E-state index contributed by atoms with van der Waals surface area (Å²) in [5.74, 6) is 0.325. The van der Waals surface area contributed by atoms with Crippen LogP contribution >= 0.6 is 0 Å². The SMILES string of the molecule is CCCCN(C#N)N(C)C(=O)[C@H](Cc1ccccc1)NC(=O)c1ccc2c(c1)OCCO2. The summed E-state index contributed by atoms with van der Waals surface area (Å²) in [6, 6.07) is 13.5. The molecule has 2 aromatic carbocycles. The summed E-state index contributed by atoms with van der Waals surface area (Å²) in [4.78, 5) is 26.3. The Kier molecular flexibility index (Phi) is 7.92. The lowest BCUT2D eigenvalue weighted by atomic mass is 10.0. The second-order valence-corrected chi connectivity index (χ2v) is 7.51. The van der Waals surface area contributed by atoms with Crippen molar-refractivity contribution in [2.45, 2.75) is 32.2 Å². The minimum atomic E-state index is -0.847. The zero-order valence-electron chi connectivity index (χ0n) is 18.4. The van der Waals surface area contributed by atoms with Crippen LogP contribution in [-0.4, -0.2) is 54.7 Å². The molecule has 0 radical (unpaired) electrons. The van der Waals surface area contributed by atoms with Gasteiger partial charge in [0.15, 0.2) is 17.7 Å². The Balaban J connectivity index is 1.80. The molecule has 0 aromatic heterocycles. The number of nitriles is 1. The van der Waals surface area contributed by atoms with Crippen molar-refractivity contribution in [3.05, 3.63) is 59.7 Å². The molecule has 2 amide bonds. The van der Waals surface area contributed by atoms with Crippen LogP contribution in [0.2, 0.25) is 0 Å². The van der Waals surface area contributed by atoms with E-state index in [1.165, 1.54) is 10.0 Å². The lowest BCUT2D eigenvalue weighted by Gasteiger charge is -2.30. The third-order valence-electron chi connectivity index (χ3n) is 5.21. The molecule has 1 heterocycles. The van der Waals surface area contributed by atoms with Crippen LogP contribution in [0.1, 0.15) is 35.7 Å². The Labute approximate surface area is 188 Å². The maximum absolute atomic E-state index is 13.3. The van der Waals surface area contributed by atoms with Crippen LogP contribution in [0, 0.1) is 11.5 Å². The van der Waals surface area contributed by atoms with Gasteiger partial charge in [-0.25, -0.2) is 10.0 Å². The van der Waals surface area contributed by atoms with Crippen molar-refractivity contribution in [2.24, 2.45) is 0 Å². The van der Waals surface area contributed by atoms with Gasteiger partial charge >= 0.3 is 0 Å². The highest BCUT2D eigenvalue weighted by atomic mass is 16.6. The summed E-state index contributed by atoms with van der Waals surface area (Å²) in [5, 5.41) is 14.9. The molecule has 1 aliphatic rings. The van der Waals surface area contributed by atoms with Gasteiger partial charge < -0.3 is 14.8 Å². The second kappa shape index (κ2) is 11.0. The molecule has 3 rings (SSSR count). The second-order valence-electron chi connectivity index (χ2n) is 7.51. The van der Waals surface area contributed by atoms with Crippen LogP contribution in [0.5, 0.6) is 11.5 Å². The number of unbranched alkanes of at least 4 members (excludes halogenated alkanes) is 1. The van der Waals surface area contributed by atoms with Gasteiger partial charge in [0.05, 0.1) is 6.54 Å². The van der Waals surface area contributed by atoms with Crippen molar-refractivity contribution in [1.82, 2.24) is 15.3 Å². The van der Waals surface area contributed by atoms with Gasteiger partial charge in [0.25, 0.3) is 11.8 Å². The molecule has 0 saturated heterocycles. The molecule has 0 fully saturated rings. The number of ether oxygens (including phenoxy) is 2. The first-order valence-electron chi connectivity index (χ1n) is 10.7. The molecule has 32 heavy (non-hydrogen) atoms. The third-order valence-corrected chi connectivity index (χ3v) is 5.21. The molecular formula is C24H28N4O4. The Bertz CT molecular complexity index is 974. The number of likely N-dealkylation sites (N-methyl/N-ethyl adjacent to an activating group) is 1. The number of amides is 2. The van der Waals surface area contributed by atoms with Gasteiger partial charge in [-0.2, -0.15) is 5.26 Å². The highest BCUT2D eigenvalue weighted by Crippen LogP contribution is 2.30. The van der Waals surface area contributed by atoms with E-state index in [1.807, 2.05) is 37.3 Å². The van der Waals surface area contributed by atoms with Crippen molar-refractivity contribution < 1.29 is 19.1 Å². The van der Waals surface area contributed by atoms with Gasteiger partial charge in [0, 0.05) is 19.0 Å². The fourth-order valence-corrected chi connectivity index (χ4v) is 3.40. The first kappa shape index (κ1) is 22.9. The molecule has 0 unspecified atom stereocenters. The number of carbonyl (C=O) groups is 2. The predicted octanol–water partition coefficient (Wildman–Crippen LogP) is 2.76. The zero-order valence-corrected chi connectivity index (χ0v) is 18.4. The van der Waals surface area contributed by atoms with Crippen molar-refractivity contribution >= 4 is 11.8 Å². The van der Waals surface area contributed by atoms with E-state index in [0.717, 1.165) is 18.4 Å². The smallest absolute Gasteiger partial charge is 0.264 e. The lowest BCUT2D eigenvalue weighted by molar-refractivity contribution is -0.143. The number of nitrogens with one attached hydrogen (secondary N) is 1. The lowest BCUT2D eigenvalue weighted by Crippen LogP contribution is -2.53. The molecule has 168 valence electrons. The third kappa shape index (κ3) is 5.70. The minimum absolute atomic E-state index is 0.299. The summed E-state index contributed by atoms with van der Waals surface area (Å²) >= 11 is 0. The van der Waals surface area contributed by atoms with Crippen LogP contribution in [-0.2, 0) is 11.2 Å².